The van der Waals surface area contributed by atoms with Gasteiger partial charge in [0, 0.05) is 5.56 Å². The summed E-state index contributed by atoms with van der Waals surface area (Å²) in [6, 6.07) is 3.73. The number of rotatable bonds is 6. The van der Waals surface area contributed by atoms with E-state index >= 15 is 0 Å². The first-order valence-electron chi connectivity index (χ1n) is 7.18. The summed E-state index contributed by atoms with van der Waals surface area (Å²) in [6.07, 6.45) is 1.47. The number of benzene rings is 1. The van der Waals surface area contributed by atoms with Crippen LogP contribution in [0.15, 0.2) is 12.1 Å². The summed E-state index contributed by atoms with van der Waals surface area (Å²) in [5.41, 5.74) is 7.51. The summed E-state index contributed by atoms with van der Waals surface area (Å²) < 4.78 is 22.5. The zero-order chi connectivity index (χ0) is 14.4. The Kier molecular flexibility index (Phi) is 5.49. The number of ether oxygens (including phenoxy) is 4. The molecule has 5 nitrogen and oxygen atoms in total. The first-order chi connectivity index (χ1) is 9.76. The fraction of sp³-hybridized carbons (Fsp3) is 0.600. The highest BCUT2D eigenvalue weighted by molar-refractivity contribution is 5.62. The van der Waals surface area contributed by atoms with E-state index in [0.717, 1.165) is 18.4 Å². The van der Waals surface area contributed by atoms with Crippen molar-refractivity contribution in [2.75, 3.05) is 32.2 Å². The molecule has 112 valence electrons. The van der Waals surface area contributed by atoms with E-state index in [0.29, 0.717) is 43.6 Å². The highest BCUT2D eigenvalue weighted by Crippen LogP contribution is 2.38. The van der Waals surface area contributed by atoms with E-state index in [2.05, 4.69) is 6.92 Å². The molecule has 1 aromatic carbocycles. The van der Waals surface area contributed by atoms with Gasteiger partial charge in [0.25, 0.3) is 0 Å². The molecule has 2 N–H and O–H groups in total. The number of anilines is 1. The molecule has 1 fully saturated rings. The Morgan fingerprint density at radius 2 is 1.95 bits per heavy atom. The van der Waals surface area contributed by atoms with Crippen molar-refractivity contribution in [2.45, 2.75) is 33.0 Å². The van der Waals surface area contributed by atoms with Crippen LogP contribution in [-0.4, -0.2) is 26.4 Å². The Morgan fingerprint density at radius 3 is 2.60 bits per heavy atom. The van der Waals surface area contributed by atoms with Gasteiger partial charge in [-0.05, 0) is 31.9 Å². The molecule has 0 bridgehead atoms. The zero-order valence-corrected chi connectivity index (χ0v) is 12.2. The topological polar surface area (TPSA) is 62.9 Å². The van der Waals surface area contributed by atoms with E-state index in [-0.39, 0.29) is 6.29 Å². The predicted molar refractivity (Wildman–Crippen MR) is 77.1 cm³/mol. The lowest BCUT2D eigenvalue weighted by Gasteiger charge is -2.25. The maximum absolute atomic E-state index is 6.08. The Bertz CT molecular complexity index is 430. The Hall–Kier alpha value is -1.46. The van der Waals surface area contributed by atoms with Gasteiger partial charge in [-0.15, -0.1) is 0 Å². The average molecular weight is 281 g/mol. The summed E-state index contributed by atoms with van der Waals surface area (Å²) in [4.78, 5) is 0. The van der Waals surface area contributed by atoms with Gasteiger partial charge in [0.05, 0.1) is 32.1 Å². The molecule has 0 amide bonds. The van der Waals surface area contributed by atoms with E-state index in [4.69, 9.17) is 24.7 Å². The molecule has 0 aromatic heterocycles. The molecular formula is C15H23NO4. The lowest BCUT2D eigenvalue weighted by molar-refractivity contribution is -0.183. The van der Waals surface area contributed by atoms with Crippen LogP contribution in [0.3, 0.4) is 0 Å². The van der Waals surface area contributed by atoms with Gasteiger partial charge in [-0.1, -0.05) is 6.92 Å². The highest BCUT2D eigenvalue weighted by atomic mass is 16.7. The number of hydrogen-bond acceptors (Lipinski definition) is 5. The van der Waals surface area contributed by atoms with Gasteiger partial charge in [-0.2, -0.15) is 0 Å². The summed E-state index contributed by atoms with van der Waals surface area (Å²) in [7, 11) is 0. The lowest BCUT2D eigenvalue weighted by Crippen LogP contribution is -2.18. The van der Waals surface area contributed by atoms with Crippen LogP contribution in [0.2, 0.25) is 0 Å². The monoisotopic (exact) mass is 281 g/mol. The van der Waals surface area contributed by atoms with Crippen molar-refractivity contribution < 1.29 is 18.9 Å². The predicted octanol–water partition coefficient (Wildman–Crippen LogP) is 2.89. The van der Waals surface area contributed by atoms with Gasteiger partial charge in [-0.25, -0.2) is 0 Å². The van der Waals surface area contributed by atoms with Crippen molar-refractivity contribution in [1.29, 1.82) is 0 Å². The van der Waals surface area contributed by atoms with Crippen molar-refractivity contribution in [3.05, 3.63) is 17.7 Å². The van der Waals surface area contributed by atoms with Crippen LogP contribution >= 0.6 is 0 Å². The molecule has 5 heteroatoms. The minimum absolute atomic E-state index is 0.370. The maximum Gasteiger partial charge on any atom is 0.184 e. The average Bonchev–Trinajstić information content (AvgIpc) is 2.47. The molecule has 1 heterocycles. The Labute approximate surface area is 120 Å². The summed E-state index contributed by atoms with van der Waals surface area (Å²) in [5.74, 6) is 1.25. The number of hydrogen-bond donors (Lipinski definition) is 1. The van der Waals surface area contributed by atoms with Gasteiger partial charge in [0.2, 0.25) is 0 Å². The lowest BCUT2D eigenvalue weighted by atomic mass is 10.1. The molecule has 1 aliphatic rings. The van der Waals surface area contributed by atoms with Crippen molar-refractivity contribution in [3.8, 4) is 11.5 Å². The second-order valence-electron chi connectivity index (χ2n) is 4.65. The van der Waals surface area contributed by atoms with E-state index in [9.17, 15) is 0 Å². The minimum Gasteiger partial charge on any atom is -0.490 e. The molecule has 0 atom stereocenters. The van der Waals surface area contributed by atoms with Crippen molar-refractivity contribution in [2.24, 2.45) is 0 Å². The van der Waals surface area contributed by atoms with Crippen LogP contribution in [0.5, 0.6) is 11.5 Å². The number of nitrogen functional groups attached to an aromatic ring is 1. The van der Waals surface area contributed by atoms with Crippen molar-refractivity contribution in [3.63, 3.8) is 0 Å². The molecule has 1 saturated heterocycles. The molecule has 20 heavy (non-hydrogen) atoms. The van der Waals surface area contributed by atoms with Crippen LogP contribution in [0, 0.1) is 0 Å². The first-order valence-corrected chi connectivity index (χ1v) is 7.18. The summed E-state index contributed by atoms with van der Waals surface area (Å²) in [5, 5.41) is 0. The van der Waals surface area contributed by atoms with E-state index in [1.54, 1.807) is 0 Å². The molecular weight excluding hydrogens is 258 g/mol. The molecule has 0 aliphatic carbocycles. The third-order valence-electron chi connectivity index (χ3n) is 2.96. The van der Waals surface area contributed by atoms with Crippen LogP contribution in [0.4, 0.5) is 5.69 Å². The molecule has 0 saturated carbocycles. The second-order valence-corrected chi connectivity index (χ2v) is 4.65. The molecule has 0 radical (unpaired) electrons. The Balaban J connectivity index is 2.25. The second kappa shape index (κ2) is 7.36. The molecule has 2 rings (SSSR count). The number of nitrogens with two attached hydrogens (primary N) is 1. The van der Waals surface area contributed by atoms with E-state index in [1.807, 2.05) is 19.1 Å². The zero-order valence-electron chi connectivity index (χ0n) is 12.2. The van der Waals surface area contributed by atoms with Crippen molar-refractivity contribution >= 4 is 5.69 Å². The third-order valence-corrected chi connectivity index (χ3v) is 2.96. The van der Waals surface area contributed by atoms with Crippen LogP contribution < -0.4 is 15.2 Å². The minimum atomic E-state index is -0.370. The first kappa shape index (κ1) is 14.9. The molecule has 0 unspecified atom stereocenters. The van der Waals surface area contributed by atoms with Gasteiger partial charge in [0.15, 0.2) is 17.8 Å². The smallest absolute Gasteiger partial charge is 0.184 e. The molecule has 1 aliphatic heterocycles. The van der Waals surface area contributed by atoms with Gasteiger partial charge >= 0.3 is 0 Å². The van der Waals surface area contributed by atoms with Crippen LogP contribution in [0.1, 0.15) is 38.5 Å². The van der Waals surface area contributed by atoms with Crippen LogP contribution in [0.25, 0.3) is 0 Å². The Morgan fingerprint density at radius 1 is 1.20 bits per heavy atom. The van der Waals surface area contributed by atoms with Crippen molar-refractivity contribution in [1.82, 2.24) is 0 Å². The van der Waals surface area contributed by atoms with Gasteiger partial charge in [-0.3, -0.25) is 0 Å². The van der Waals surface area contributed by atoms with Gasteiger partial charge in [0.1, 0.15) is 0 Å². The summed E-state index contributed by atoms with van der Waals surface area (Å²) in [6.45, 7) is 6.54. The van der Waals surface area contributed by atoms with Gasteiger partial charge < -0.3 is 24.7 Å². The van der Waals surface area contributed by atoms with E-state index < -0.39 is 0 Å². The third kappa shape index (κ3) is 3.55. The van der Waals surface area contributed by atoms with Crippen LogP contribution in [-0.2, 0) is 9.47 Å². The molecule has 1 aromatic rings. The standard InChI is InChI=1S/C15H23NO4/c1-3-6-18-14-12(16)9-11(10-13(14)17-4-2)15-19-7-5-8-20-15/h9-10,15H,3-8,16H2,1-2H3. The summed E-state index contributed by atoms with van der Waals surface area (Å²) >= 11 is 0. The fourth-order valence-corrected chi connectivity index (χ4v) is 2.08. The normalized spacial score (nSPS) is 16.1. The highest BCUT2D eigenvalue weighted by Gasteiger charge is 2.20. The fourth-order valence-electron chi connectivity index (χ4n) is 2.08. The SMILES string of the molecule is CCCOc1c(N)cc(C2OCCCO2)cc1OCC. The van der Waals surface area contributed by atoms with E-state index in [1.165, 1.54) is 0 Å². The largest absolute Gasteiger partial charge is 0.490 e. The molecule has 0 spiro atoms. The quantitative estimate of drug-likeness (QED) is 0.812. The maximum atomic E-state index is 6.08.